The van der Waals surface area contributed by atoms with Crippen LogP contribution in [0.3, 0.4) is 0 Å². The third-order valence-electron chi connectivity index (χ3n) is 9.75. The number of benzene rings is 2. The first-order valence-electron chi connectivity index (χ1n) is 16.2. The summed E-state index contributed by atoms with van der Waals surface area (Å²) in [5.74, 6) is -4.40. The van der Waals surface area contributed by atoms with E-state index < -0.39 is 57.4 Å². The number of nitrogens with zero attached hydrogens (tertiary/aromatic N) is 2. The molecule has 2 saturated carbocycles. The smallest absolute Gasteiger partial charge is 0.342 e. The van der Waals surface area contributed by atoms with Crippen LogP contribution < -0.4 is 19.7 Å². The fourth-order valence-corrected chi connectivity index (χ4v) is 9.86. The molecule has 3 aliphatic rings. The molecule has 13 nitrogen and oxygen atoms in total. The molecule has 51 heavy (non-hydrogen) atoms. The van der Waals surface area contributed by atoms with E-state index in [0.717, 1.165) is 37.9 Å². The third-order valence-corrected chi connectivity index (χ3v) is 14.4. The predicted octanol–water partition coefficient (Wildman–Crippen LogP) is 4.40. The molecule has 0 atom stereocenters. The molecule has 1 amide bonds. The Balaban J connectivity index is 1.23. The highest BCUT2D eigenvalue weighted by Gasteiger charge is 2.45. The Labute approximate surface area is 295 Å². The van der Waals surface area contributed by atoms with E-state index in [1.807, 2.05) is 4.90 Å². The normalized spacial score (nSPS) is 18.1. The highest BCUT2D eigenvalue weighted by molar-refractivity contribution is 7.93. The molecule has 0 bridgehead atoms. The van der Waals surface area contributed by atoms with Crippen LogP contribution in [0.2, 0.25) is 0 Å². The maximum absolute atomic E-state index is 13.8. The van der Waals surface area contributed by atoms with E-state index in [1.54, 1.807) is 6.07 Å². The Morgan fingerprint density at radius 2 is 1.61 bits per heavy atom. The lowest BCUT2D eigenvalue weighted by molar-refractivity contribution is -0.123. The molecule has 6 rings (SSSR count). The van der Waals surface area contributed by atoms with Gasteiger partial charge in [-0.1, -0.05) is 6.07 Å². The molecule has 3 fully saturated rings. The molecule has 3 aromatic rings. The summed E-state index contributed by atoms with van der Waals surface area (Å²) in [6, 6.07) is 12.2. The van der Waals surface area contributed by atoms with Gasteiger partial charge in [-0.2, -0.15) is 8.78 Å². The molecule has 1 spiro atoms. The molecule has 3 N–H and O–H groups in total. The van der Waals surface area contributed by atoms with Crippen molar-refractivity contribution in [3.05, 3.63) is 71.9 Å². The molecular formula is C33H37F2N5O8S3. The van der Waals surface area contributed by atoms with Crippen LogP contribution in [0.15, 0.2) is 70.7 Å². The number of nitrogens with one attached hydrogen (secondary N) is 3. The van der Waals surface area contributed by atoms with Crippen LogP contribution in [-0.2, 0) is 40.2 Å². The minimum atomic E-state index is -5.03. The number of aromatic nitrogens is 1. The number of hydrogen-bond acceptors (Lipinski definition) is 10. The van der Waals surface area contributed by atoms with Gasteiger partial charge in [0, 0.05) is 37.8 Å². The Kier molecular flexibility index (Phi) is 9.52. The topological polar surface area (TPSA) is 189 Å². The minimum Gasteiger partial charge on any atom is -0.371 e. The van der Waals surface area contributed by atoms with Gasteiger partial charge < -0.3 is 10.2 Å². The fourth-order valence-electron chi connectivity index (χ4n) is 6.30. The molecule has 1 aromatic heterocycles. The molecule has 0 unspecified atom stereocenters. The number of pyridine rings is 1. The number of rotatable bonds is 12. The van der Waals surface area contributed by atoms with Crippen molar-refractivity contribution in [1.82, 2.24) is 9.71 Å². The van der Waals surface area contributed by atoms with Crippen molar-refractivity contribution >= 4 is 58.6 Å². The SMILES string of the molecule is CC(C)(NS(=O)(=O)c1cccc(NC(=O)c2ccc(NS(=O)(=O)C3CC(=O)C3)cc2N2CCC3(CC2)CC3)c1)c1ccnc(S(=O)(=O)C(F)F)c1. The summed E-state index contributed by atoms with van der Waals surface area (Å²) in [5, 5.41) is 1.03. The van der Waals surface area contributed by atoms with Crippen molar-refractivity contribution < 1.29 is 43.6 Å². The number of carbonyl (C=O) groups excluding carboxylic acids is 2. The quantitative estimate of drug-likeness (QED) is 0.239. The summed E-state index contributed by atoms with van der Waals surface area (Å²) in [6.45, 7) is 4.17. The van der Waals surface area contributed by atoms with Crippen LogP contribution in [0, 0.1) is 5.41 Å². The second-order valence-corrected chi connectivity index (χ2v) is 19.3. The van der Waals surface area contributed by atoms with Gasteiger partial charge in [-0.3, -0.25) is 14.3 Å². The van der Waals surface area contributed by atoms with Crippen molar-refractivity contribution in [2.75, 3.05) is 28.0 Å². The molecular weight excluding hydrogens is 729 g/mol. The summed E-state index contributed by atoms with van der Waals surface area (Å²) in [5.41, 5.74) is 0.0432. The van der Waals surface area contributed by atoms with Crippen molar-refractivity contribution in [1.29, 1.82) is 0 Å². The number of Topliss-reactive ketones (excluding diaryl/α,β-unsaturated/α-hetero) is 1. The summed E-state index contributed by atoms with van der Waals surface area (Å²) in [6.07, 6.45) is 5.08. The largest absolute Gasteiger partial charge is 0.371 e. The number of hydrogen-bond donors (Lipinski definition) is 3. The van der Waals surface area contributed by atoms with Crippen LogP contribution in [0.1, 0.15) is 68.3 Å². The van der Waals surface area contributed by atoms with Gasteiger partial charge in [0.05, 0.1) is 32.6 Å². The van der Waals surface area contributed by atoms with Gasteiger partial charge in [-0.25, -0.2) is 35.0 Å². The number of amides is 1. The standard InChI is InChI=1S/C33H37F2N5O8S3/c1-32(2,21-8-13-36-29(16-21)49(43,44)31(34)35)39-51(47,48)25-5-3-4-22(17-25)37-30(42)27-7-6-23(38-50(45,46)26-19-24(41)20-26)18-28(27)40-14-11-33(9-10-33)12-15-40/h3-8,13,16-18,26,31,38-39H,9-12,14-15,19-20H2,1-2H3,(H,37,42). The Morgan fingerprint density at radius 3 is 2.24 bits per heavy atom. The summed E-state index contributed by atoms with van der Waals surface area (Å²) in [7, 11) is -13.2. The van der Waals surface area contributed by atoms with Crippen LogP contribution >= 0.6 is 0 Å². The summed E-state index contributed by atoms with van der Waals surface area (Å²) >= 11 is 0. The van der Waals surface area contributed by atoms with E-state index >= 15 is 0 Å². The summed E-state index contributed by atoms with van der Waals surface area (Å²) < 4.78 is 108. The molecule has 18 heteroatoms. The Bertz CT molecular complexity index is 2210. The van der Waals surface area contributed by atoms with Gasteiger partial charge in [-0.05, 0) is 99.0 Å². The third kappa shape index (κ3) is 7.78. The monoisotopic (exact) mass is 765 g/mol. The summed E-state index contributed by atoms with van der Waals surface area (Å²) in [4.78, 5) is 30.5. The number of sulfone groups is 1. The Hall–Kier alpha value is -4.00. The van der Waals surface area contributed by atoms with E-state index in [1.165, 1.54) is 56.3 Å². The number of halogens is 2. The van der Waals surface area contributed by atoms with E-state index in [0.29, 0.717) is 24.2 Å². The maximum atomic E-state index is 13.8. The number of anilines is 3. The molecule has 2 aromatic carbocycles. The second-order valence-electron chi connectivity index (χ2n) is 13.8. The number of ketones is 1. The predicted molar refractivity (Wildman–Crippen MR) is 185 cm³/mol. The average molecular weight is 766 g/mol. The molecule has 2 heterocycles. The van der Waals surface area contributed by atoms with Crippen LogP contribution in [0.25, 0.3) is 0 Å². The zero-order valence-electron chi connectivity index (χ0n) is 27.7. The maximum Gasteiger partial charge on any atom is 0.342 e. The number of carbonyl (C=O) groups is 2. The highest BCUT2D eigenvalue weighted by atomic mass is 32.2. The molecule has 0 radical (unpaired) electrons. The van der Waals surface area contributed by atoms with Crippen molar-refractivity contribution in [3.8, 4) is 0 Å². The van der Waals surface area contributed by atoms with Crippen molar-refractivity contribution in [2.45, 2.75) is 78.8 Å². The zero-order valence-corrected chi connectivity index (χ0v) is 30.2. The van der Waals surface area contributed by atoms with E-state index in [-0.39, 0.29) is 46.0 Å². The minimum absolute atomic E-state index is 0.0466. The van der Waals surface area contributed by atoms with E-state index in [9.17, 15) is 43.6 Å². The fraction of sp³-hybridized carbons (Fsp3) is 0.424. The second kappa shape index (κ2) is 13.2. The van der Waals surface area contributed by atoms with Gasteiger partial charge >= 0.3 is 5.76 Å². The number of sulfonamides is 2. The van der Waals surface area contributed by atoms with Gasteiger partial charge in [0.25, 0.3) is 15.7 Å². The highest BCUT2D eigenvalue weighted by Crippen LogP contribution is 2.54. The lowest BCUT2D eigenvalue weighted by Gasteiger charge is -2.35. The molecule has 1 saturated heterocycles. The van der Waals surface area contributed by atoms with Crippen molar-refractivity contribution in [2.24, 2.45) is 5.41 Å². The number of alkyl halides is 2. The van der Waals surface area contributed by atoms with E-state index in [4.69, 9.17) is 0 Å². The van der Waals surface area contributed by atoms with Gasteiger partial charge in [0.2, 0.25) is 20.0 Å². The Morgan fingerprint density at radius 1 is 0.922 bits per heavy atom. The van der Waals surface area contributed by atoms with Crippen LogP contribution in [0.4, 0.5) is 25.8 Å². The van der Waals surface area contributed by atoms with Gasteiger partial charge in [-0.15, -0.1) is 0 Å². The lowest BCUT2D eigenvalue weighted by atomic mass is 9.93. The molecule has 274 valence electrons. The van der Waals surface area contributed by atoms with Crippen LogP contribution in [0.5, 0.6) is 0 Å². The van der Waals surface area contributed by atoms with Crippen molar-refractivity contribution in [3.63, 3.8) is 0 Å². The van der Waals surface area contributed by atoms with Crippen LogP contribution in [-0.4, -0.2) is 66.0 Å². The first kappa shape index (κ1) is 36.8. The first-order chi connectivity index (χ1) is 23.8. The van der Waals surface area contributed by atoms with Gasteiger partial charge in [0.15, 0.2) is 5.03 Å². The first-order valence-corrected chi connectivity index (χ1v) is 20.7. The molecule has 1 aliphatic heterocycles. The number of piperidine rings is 1. The molecule has 2 aliphatic carbocycles. The average Bonchev–Trinajstić information content (AvgIpc) is 3.81. The van der Waals surface area contributed by atoms with Gasteiger partial charge in [0.1, 0.15) is 5.78 Å². The zero-order chi connectivity index (χ0) is 37.0. The van der Waals surface area contributed by atoms with E-state index in [2.05, 4.69) is 19.7 Å². The lowest BCUT2D eigenvalue weighted by Crippen LogP contribution is -2.41.